The molecule has 2 aromatic heterocycles. The lowest BCUT2D eigenvalue weighted by Crippen LogP contribution is -1.97. The van der Waals surface area contributed by atoms with Gasteiger partial charge in [0, 0.05) is 22.7 Å². The average Bonchev–Trinajstić information content (AvgIpc) is 3.41. The Kier molecular flexibility index (Phi) is 5.23. The van der Waals surface area contributed by atoms with E-state index in [0.717, 1.165) is 22.2 Å². The van der Waals surface area contributed by atoms with Gasteiger partial charge in [-0.25, -0.2) is 4.98 Å². The number of hydrogen-bond donors (Lipinski definition) is 0. The van der Waals surface area contributed by atoms with Crippen LogP contribution in [0.15, 0.2) is 158 Å². The Morgan fingerprint density at radius 3 is 1.51 bits per heavy atom. The molecular weight excluding hydrogens is 520 g/mol. The van der Waals surface area contributed by atoms with Gasteiger partial charge >= 0.3 is 0 Å². The number of rotatable bonds is 2. The normalized spacial score (nSPS) is 11.7. The third kappa shape index (κ3) is 3.63. The van der Waals surface area contributed by atoms with Gasteiger partial charge < -0.3 is 0 Å². The van der Waals surface area contributed by atoms with Crippen LogP contribution in [0.5, 0.6) is 0 Å². The maximum absolute atomic E-state index is 4.80. The van der Waals surface area contributed by atoms with Gasteiger partial charge in [-0.15, -0.1) is 0 Å². The van der Waals surface area contributed by atoms with Gasteiger partial charge in [0.05, 0.1) is 5.52 Å². The third-order valence-electron chi connectivity index (χ3n) is 8.84. The lowest BCUT2D eigenvalue weighted by atomic mass is 9.80. The molecule has 2 nitrogen and oxygen atoms in total. The van der Waals surface area contributed by atoms with Gasteiger partial charge in [0.1, 0.15) is 5.65 Å². The molecule has 1 aliphatic rings. The summed E-state index contributed by atoms with van der Waals surface area (Å²) in [6.45, 7) is 0. The summed E-state index contributed by atoms with van der Waals surface area (Å²) in [5.74, 6) is 0. The van der Waals surface area contributed by atoms with Crippen molar-refractivity contribution >= 4 is 21.9 Å². The van der Waals surface area contributed by atoms with Crippen LogP contribution < -0.4 is 0 Å². The molecule has 200 valence electrons. The lowest BCUT2D eigenvalue weighted by molar-refractivity contribution is 1.14. The number of benzene rings is 6. The molecule has 0 fully saturated rings. The Morgan fingerprint density at radius 1 is 0.372 bits per heavy atom. The van der Waals surface area contributed by atoms with Crippen LogP contribution in [-0.4, -0.2) is 9.55 Å². The zero-order chi connectivity index (χ0) is 28.3. The van der Waals surface area contributed by atoms with E-state index < -0.39 is 0 Å². The molecule has 6 aromatic carbocycles. The number of para-hydroxylation sites is 1. The molecule has 2 heterocycles. The molecule has 2 heteroatoms. The first-order valence-corrected chi connectivity index (χ1v) is 14.7. The van der Waals surface area contributed by atoms with E-state index in [0.29, 0.717) is 0 Å². The molecule has 0 bridgehead atoms. The van der Waals surface area contributed by atoms with Crippen molar-refractivity contribution in [3.63, 3.8) is 0 Å². The lowest BCUT2D eigenvalue weighted by Gasteiger charge is -2.23. The van der Waals surface area contributed by atoms with E-state index in [-0.39, 0.29) is 0 Å². The summed E-state index contributed by atoms with van der Waals surface area (Å²) in [4.78, 5) is 4.80. The summed E-state index contributed by atoms with van der Waals surface area (Å²) < 4.78 is 2.26. The first-order chi connectivity index (χ1) is 21.3. The minimum absolute atomic E-state index is 0.975. The predicted octanol–water partition coefficient (Wildman–Crippen LogP) is 10.8. The number of hydrogen-bond acceptors (Lipinski definition) is 1. The summed E-state index contributed by atoms with van der Waals surface area (Å²) in [6, 6.07) is 54.9. The Hall–Kier alpha value is -5.73. The molecule has 0 unspecified atom stereocenters. The van der Waals surface area contributed by atoms with Gasteiger partial charge in [-0.2, -0.15) is 0 Å². The molecule has 0 atom stereocenters. The van der Waals surface area contributed by atoms with E-state index in [1.165, 1.54) is 61.0 Å². The number of nitrogens with zero attached hydrogens (tertiary/aromatic N) is 2. The SMILES string of the molecule is c1ccc(-n2c3ccc(-c4ccc5c(c4)-c4ccccc4-c4ccccc4-c4ccccc4-5)cc3c3cccnc32)cc1. The fourth-order valence-electron chi connectivity index (χ4n) is 6.90. The Bertz CT molecular complexity index is 2340. The fraction of sp³-hybridized carbons (Fsp3) is 0. The smallest absolute Gasteiger partial charge is 0.145 e. The summed E-state index contributed by atoms with van der Waals surface area (Å²) in [5.41, 5.74) is 15.7. The number of pyridine rings is 1. The molecule has 0 aliphatic heterocycles. The van der Waals surface area contributed by atoms with E-state index in [9.17, 15) is 0 Å². The predicted molar refractivity (Wildman–Crippen MR) is 179 cm³/mol. The summed E-state index contributed by atoms with van der Waals surface area (Å²) in [7, 11) is 0. The molecule has 0 amide bonds. The molecule has 43 heavy (non-hydrogen) atoms. The van der Waals surface area contributed by atoms with Crippen molar-refractivity contribution in [2.45, 2.75) is 0 Å². The first kappa shape index (κ1) is 23.9. The molecule has 0 saturated carbocycles. The second-order valence-electron chi connectivity index (χ2n) is 11.2. The fourth-order valence-corrected chi connectivity index (χ4v) is 6.90. The Balaban J connectivity index is 1.29. The summed E-state index contributed by atoms with van der Waals surface area (Å²) in [5, 5.41) is 2.36. The maximum Gasteiger partial charge on any atom is 0.145 e. The van der Waals surface area contributed by atoms with Gasteiger partial charge in [-0.3, -0.25) is 4.57 Å². The van der Waals surface area contributed by atoms with Crippen LogP contribution in [0.4, 0.5) is 0 Å². The monoisotopic (exact) mass is 546 g/mol. The zero-order valence-corrected chi connectivity index (χ0v) is 23.4. The highest BCUT2D eigenvalue weighted by molar-refractivity contribution is 6.09. The van der Waals surface area contributed by atoms with Gasteiger partial charge in [0.25, 0.3) is 0 Å². The molecule has 0 spiro atoms. The molecule has 9 rings (SSSR count). The molecular formula is C41H26N2. The topological polar surface area (TPSA) is 17.8 Å². The Morgan fingerprint density at radius 2 is 0.884 bits per heavy atom. The number of fused-ring (bicyclic) bond motifs is 11. The van der Waals surface area contributed by atoms with Crippen LogP contribution in [-0.2, 0) is 0 Å². The van der Waals surface area contributed by atoms with Crippen LogP contribution >= 0.6 is 0 Å². The minimum atomic E-state index is 0.975. The van der Waals surface area contributed by atoms with Gasteiger partial charge in [0.15, 0.2) is 0 Å². The average molecular weight is 547 g/mol. The van der Waals surface area contributed by atoms with E-state index in [1.807, 2.05) is 12.3 Å². The van der Waals surface area contributed by atoms with Crippen molar-refractivity contribution in [2.24, 2.45) is 0 Å². The summed E-state index contributed by atoms with van der Waals surface area (Å²) in [6.07, 6.45) is 1.88. The molecule has 0 saturated heterocycles. The van der Waals surface area contributed by atoms with Gasteiger partial charge in [0.2, 0.25) is 0 Å². The van der Waals surface area contributed by atoms with Crippen molar-refractivity contribution in [3.8, 4) is 61.3 Å². The van der Waals surface area contributed by atoms with Crippen molar-refractivity contribution in [1.29, 1.82) is 0 Å². The highest BCUT2D eigenvalue weighted by atomic mass is 15.0. The second kappa shape index (κ2) is 9.40. The highest BCUT2D eigenvalue weighted by Crippen LogP contribution is 2.48. The van der Waals surface area contributed by atoms with E-state index >= 15 is 0 Å². The minimum Gasteiger partial charge on any atom is -0.294 e. The largest absolute Gasteiger partial charge is 0.294 e. The molecule has 0 N–H and O–H groups in total. The molecule has 1 aliphatic carbocycles. The van der Waals surface area contributed by atoms with Gasteiger partial charge in [-0.05, 0) is 98.1 Å². The van der Waals surface area contributed by atoms with Crippen molar-refractivity contribution in [1.82, 2.24) is 9.55 Å². The van der Waals surface area contributed by atoms with Crippen LogP contribution in [0.1, 0.15) is 0 Å². The van der Waals surface area contributed by atoms with E-state index in [2.05, 4.69) is 150 Å². The van der Waals surface area contributed by atoms with Crippen molar-refractivity contribution in [2.75, 3.05) is 0 Å². The highest BCUT2D eigenvalue weighted by Gasteiger charge is 2.22. The van der Waals surface area contributed by atoms with Crippen LogP contribution in [0.2, 0.25) is 0 Å². The molecule has 0 radical (unpaired) electrons. The van der Waals surface area contributed by atoms with Crippen molar-refractivity contribution < 1.29 is 0 Å². The van der Waals surface area contributed by atoms with Gasteiger partial charge in [-0.1, -0.05) is 109 Å². The van der Waals surface area contributed by atoms with Crippen LogP contribution in [0.3, 0.4) is 0 Å². The Labute approximate surface area is 250 Å². The standard InChI is InChI=1S/C41H26N2/c1-2-11-29(12-3-1)43-40-23-21-28(26-39(40)37-19-10-24-42-41(37)43)27-20-22-36-34-17-7-6-15-32(34)30-13-4-5-14-31(30)33-16-8-9-18-35(33)38(36)25-27/h1-26H. The van der Waals surface area contributed by atoms with E-state index in [4.69, 9.17) is 4.98 Å². The summed E-state index contributed by atoms with van der Waals surface area (Å²) >= 11 is 0. The third-order valence-corrected chi connectivity index (χ3v) is 8.84. The second-order valence-corrected chi connectivity index (χ2v) is 11.2. The molecule has 8 aromatic rings. The van der Waals surface area contributed by atoms with Crippen molar-refractivity contribution in [3.05, 3.63) is 158 Å². The number of aromatic nitrogens is 2. The zero-order valence-electron chi connectivity index (χ0n) is 23.4. The van der Waals surface area contributed by atoms with Crippen LogP contribution in [0, 0.1) is 0 Å². The quantitative estimate of drug-likeness (QED) is 0.211. The van der Waals surface area contributed by atoms with E-state index in [1.54, 1.807) is 0 Å². The maximum atomic E-state index is 4.80. The van der Waals surface area contributed by atoms with Crippen LogP contribution in [0.25, 0.3) is 83.3 Å². The first-order valence-electron chi connectivity index (χ1n) is 14.7.